The summed E-state index contributed by atoms with van der Waals surface area (Å²) in [4.78, 5) is 27.6. The molecule has 2 aromatic rings. The van der Waals surface area contributed by atoms with Crippen molar-refractivity contribution in [3.63, 3.8) is 0 Å². The van der Waals surface area contributed by atoms with Crippen LogP contribution in [0.1, 0.15) is 32.0 Å². The molecule has 20 heavy (non-hydrogen) atoms. The summed E-state index contributed by atoms with van der Waals surface area (Å²) in [5.74, 6) is -0.994. The molecule has 5 heteroatoms. The molecule has 5 nitrogen and oxygen atoms in total. The van der Waals surface area contributed by atoms with Gasteiger partial charge in [0.05, 0.1) is 12.7 Å². The van der Waals surface area contributed by atoms with Gasteiger partial charge in [0.2, 0.25) is 0 Å². The van der Waals surface area contributed by atoms with E-state index in [2.05, 4.69) is 9.72 Å². The molecule has 0 atom stereocenters. The normalized spacial score (nSPS) is 10.1. The molecule has 0 amide bonds. The first-order valence-electron chi connectivity index (χ1n) is 5.92. The molecule has 1 N–H and O–H groups in total. The Labute approximate surface area is 115 Å². The number of carbonyl (C=O) groups is 2. The maximum atomic E-state index is 12.3. The minimum Gasteiger partial charge on any atom is -0.507 e. The smallest absolute Gasteiger partial charge is 0.356 e. The van der Waals surface area contributed by atoms with E-state index in [1.165, 1.54) is 25.4 Å². The zero-order valence-electron chi connectivity index (χ0n) is 11.1. The number of para-hydroxylation sites is 1. The van der Waals surface area contributed by atoms with Crippen LogP contribution in [0, 0.1) is 6.92 Å². The van der Waals surface area contributed by atoms with Gasteiger partial charge in [0.1, 0.15) is 5.75 Å². The number of hydrogen-bond donors (Lipinski definition) is 1. The lowest BCUT2D eigenvalue weighted by Gasteiger charge is -2.06. The number of aromatic hydroxyl groups is 1. The third-order valence-corrected chi connectivity index (χ3v) is 2.87. The van der Waals surface area contributed by atoms with Crippen molar-refractivity contribution in [3.8, 4) is 5.75 Å². The Morgan fingerprint density at radius 1 is 1.25 bits per heavy atom. The van der Waals surface area contributed by atoms with Crippen molar-refractivity contribution >= 4 is 11.8 Å². The number of ketones is 1. The van der Waals surface area contributed by atoms with E-state index in [1.54, 1.807) is 25.1 Å². The van der Waals surface area contributed by atoms with E-state index < -0.39 is 5.97 Å². The van der Waals surface area contributed by atoms with Crippen molar-refractivity contribution in [1.29, 1.82) is 0 Å². The molecule has 0 radical (unpaired) electrons. The van der Waals surface area contributed by atoms with Crippen molar-refractivity contribution in [1.82, 2.24) is 4.98 Å². The van der Waals surface area contributed by atoms with Gasteiger partial charge in [-0.25, -0.2) is 9.78 Å². The van der Waals surface area contributed by atoms with Gasteiger partial charge < -0.3 is 9.84 Å². The zero-order chi connectivity index (χ0) is 14.7. The molecule has 0 fully saturated rings. The van der Waals surface area contributed by atoms with Crippen molar-refractivity contribution < 1.29 is 19.4 Å². The second-order valence-corrected chi connectivity index (χ2v) is 4.23. The summed E-state index contributed by atoms with van der Waals surface area (Å²) in [5.41, 5.74) is 1.20. The average Bonchev–Trinajstić information content (AvgIpc) is 2.46. The fourth-order valence-electron chi connectivity index (χ4n) is 1.83. The summed E-state index contributed by atoms with van der Waals surface area (Å²) in [6.07, 6.45) is 1.30. The molecule has 0 aliphatic rings. The van der Waals surface area contributed by atoms with Crippen molar-refractivity contribution in [3.05, 3.63) is 58.9 Å². The summed E-state index contributed by atoms with van der Waals surface area (Å²) < 4.78 is 4.59. The van der Waals surface area contributed by atoms with Crippen LogP contribution in [-0.2, 0) is 4.74 Å². The molecule has 2 rings (SSSR count). The molecule has 0 saturated carbocycles. The van der Waals surface area contributed by atoms with Crippen molar-refractivity contribution in [2.45, 2.75) is 6.92 Å². The first kappa shape index (κ1) is 13.7. The largest absolute Gasteiger partial charge is 0.507 e. The Kier molecular flexibility index (Phi) is 3.79. The first-order chi connectivity index (χ1) is 9.54. The van der Waals surface area contributed by atoms with Gasteiger partial charge in [0, 0.05) is 11.8 Å². The number of aromatic nitrogens is 1. The van der Waals surface area contributed by atoms with E-state index in [-0.39, 0.29) is 22.8 Å². The van der Waals surface area contributed by atoms with Gasteiger partial charge in [-0.15, -0.1) is 0 Å². The molecule has 102 valence electrons. The lowest BCUT2D eigenvalue weighted by atomic mass is 10.0. The highest BCUT2D eigenvalue weighted by Gasteiger charge is 2.17. The Hall–Kier alpha value is -2.69. The predicted octanol–water partition coefficient (Wildman–Crippen LogP) is 2.11. The van der Waals surface area contributed by atoms with Crippen molar-refractivity contribution in [2.24, 2.45) is 0 Å². The van der Waals surface area contributed by atoms with Gasteiger partial charge in [-0.05, 0) is 30.7 Å². The number of rotatable bonds is 3. The number of hydrogen-bond acceptors (Lipinski definition) is 5. The lowest BCUT2D eigenvalue weighted by Crippen LogP contribution is -2.10. The number of pyridine rings is 1. The van der Waals surface area contributed by atoms with Crippen LogP contribution < -0.4 is 0 Å². The summed E-state index contributed by atoms with van der Waals surface area (Å²) in [5, 5.41) is 9.68. The summed E-state index contributed by atoms with van der Waals surface area (Å²) >= 11 is 0. The number of phenols is 1. The van der Waals surface area contributed by atoms with Crippen LogP contribution in [0.5, 0.6) is 5.75 Å². The lowest BCUT2D eigenvalue weighted by molar-refractivity contribution is 0.0592. The van der Waals surface area contributed by atoms with Crippen molar-refractivity contribution in [2.75, 3.05) is 7.11 Å². The quantitative estimate of drug-likeness (QED) is 0.683. The van der Waals surface area contributed by atoms with E-state index in [0.717, 1.165) is 0 Å². The number of carbonyl (C=O) groups excluding carboxylic acids is 2. The van der Waals surface area contributed by atoms with E-state index in [9.17, 15) is 14.7 Å². The van der Waals surface area contributed by atoms with E-state index >= 15 is 0 Å². The Balaban J connectivity index is 2.40. The molecule has 0 spiro atoms. The highest BCUT2D eigenvalue weighted by Crippen LogP contribution is 2.20. The minimum absolute atomic E-state index is 0.0906. The van der Waals surface area contributed by atoms with Crippen LogP contribution in [0.4, 0.5) is 0 Å². The molecule has 1 heterocycles. The molecular formula is C15H13NO4. The molecule has 1 aromatic carbocycles. The molecule has 0 aliphatic heterocycles. The number of nitrogens with zero attached hydrogens (tertiary/aromatic N) is 1. The molecule has 0 aliphatic carbocycles. The Bertz CT molecular complexity index is 679. The highest BCUT2D eigenvalue weighted by molar-refractivity contribution is 6.10. The predicted molar refractivity (Wildman–Crippen MR) is 71.9 cm³/mol. The average molecular weight is 271 g/mol. The van der Waals surface area contributed by atoms with Gasteiger partial charge in [0.25, 0.3) is 0 Å². The van der Waals surface area contributed by atoms with Crippen LogP contribution in [0.25, 0.3) is 0 Å². The number of esters is 1. The SMILES string of the molecule is COC(=O)c1ncc(C(=O)c2ccccc2O)cc1C. The molecular weight excluding hydrogens is 258 g/mol. The third kappa shape index (κ3) is 2.51. The number of aryl methyl sites for hydroxylation is 1. The first-order valence-corrected chi connectivity index (χ1v) is 5.92. The third-order valence-electron chi connectivity index (χ3n) is 2.87. The Morgan fingerprint density at radius 2 is 1.95 bits per heavy atom. The number of benzene rings is 1. The topological polar surface area (TPSA) is 76.5 Å². The zero-order valence-corrected chi connectivity index (χ0v) is 11.1. The highest BCUT2D eigenvalue weighted by atomic mass is 16.5. The van der Waals surface area contributed by atoms with Gasteiger partial charge in [0.15, 0.2) is 11.5 Å². The maximum absolute atomic E-state index is 12.3. The van der Waals surface area contributed by atoms with Crippen LogP contribution in [0.2, 0.25) is 0 Å². The minimum atomic E-state index is -0.552. The van der Waals surface area contributed by atoms with Gasteiger partial charge in [-0.2, -0.15) is 0 Å². The van der Waals surface area contributed by atoms with Gasteiger partial charge in [-0.3, -0.25) is 4.79 Å². The summed E-state index contributed by atoms with van der Waals surface area (Å²) in [6.45, 7) is 1.67. The van der Waals surface area contributed by atoms with Crippen LogP contribution in [-0.4, -0.2) is 29.0 Å². The standard InChI is InChI=1S/C15H13NO4/c1-9-7-10(8-16-13(9)15(19)20-2)14(18)11-5-3-4-6-12(11)17/h3-8,17H,1-2H3. The monoisotopic (exact) mass is 271 g/mol. The Morgan fingerprint density at radius 3 is 2.55 bits per heavy atom. The molecule has 0 saturated heterocycles. The second kappa shape index (κ2) is 5.52. The molecule has 0 unspecified atom stereocenters. The summed E-state index contributed by atoms with van der Waals surface area (Å²) in [7, 11) is 1.27. The van der Waals surface area contributed by atoms with Crippen LogP contribution in [0.3, 0.4) is 0 Å². The van der Waals surface area contributed by atoms with Crippen LogP contribution >= 0.6 is 0 Å². The van der Waals surface area contributed by atoms with E-state index in [0.29, 0.717) is 11.1 Å². The van der Waals surface area contributed by atoms with E-state index in [4.69, 9.17) is 0 Å². The number of methoxy groups -OCH3 is 1. The number of ether oxygens (including phenoxy) is 1. The van der Waals surface area contributed by atoms with Crippen LogP contribution in [0.15, 0.2) is 36.5 Å². The fourth-order valence-corrected chi connectivity index (χ4v) is 1.83. The second-order valence-electron chi connectivity index (χ2n) is 4.23. The van der Waals surface area contributed by atoms with Gasteiger partial charge in [-0.1, -0.05) is 12.1 Å². The fraction of sp³-hybridized carbons (Fsp3) is 0.133. The molecule has 0 bridgehead atoms. The van der Waals surface area contributed by atoms with E-state index in [1.807, 2.05) is 0 Å². The number of phenolic OH excluding ortho intramolecular Hbond substituents is 1. The maximum Gasteiger partial charge on any atom is 0.356 e. The summed E-state index contributed by atoms with van der Waals surface area (Å²) in [6, 6.07) is 7.82. The van der Waals surface area contributed by atoms with Gasteiger partial charge >= 0.3 is 5.97 Å². The molecule has 1 aromatic heterocycles.